The molecule has 0 spiro atoms. The first-order chi connectivity index (χ1) is 7.33. The number of methoxy groups -OCH3 is 1. The van der Waals surface area contributed by atoms with E-state index in [0.717, 1.165) is 4.31 Å². The molecule has 0 amide bonds. The molecule has 0 saturated heterocycles. The number of ether oxygens (including phenoxy) is 1. The number of rotatable bonds is 6. The summed E-state index contributed by atoms with van der Waals surface area (Å²) in [5.41, 5.74) is 0. The minimum Gasteiger partial charge on any atom is -0.469 e. The van der Waals surface area contributed by atoms with Crippen molar-refractivity contribution < 1.29 is 17.9 Å². The lowest BCUT2D eigenvalue weighted by molar-refractivity contribution is -0.140. The zero-order valence-electron chi connectivity index (χ0n) is 9.63. The Bertz CT molecular complexity index is 371. The Morgan fingerprint density at radius 2 is 2.12 bits per heavy atom. The average molecular weight is 248 g/mol. The number of carbonyl (C=O) groups is 1. The summed E-state index contributed by atoms with van der Waals surface area (Å²) < 4.78 is 28.7. The Morgan fingerprint density at radius 1 is 1.56 bits per heavy atom. The van der Waals surface area contributed by atoms with E-state index in [0.29, 0.717) is 0 Å². The second-order valence-corrected chi connectivity index (χ2v) is 5.65. The van der Waals surface area contributed by atoms with Crippen LogP contribution in [0.3, 0.4) is 0 Å². The summed E-state index contributed by atoms with van der Waals surface area (Å²) in [4.78, 5) is 10.8. The van der Waals surface area contributed by atoms with E-state index in [4.69, 9.17) is 5.26 Å². The van der Waals surface area contributed by atoms with Crippen LogP contribution in [0.1, 0.15) is 13.3 Å². The van der Waals surface area contributed by atoms with Crippen molar-refractivity contribution in [3.63, 3.8) is 0 Å². The van der Waals surface area contributed by atoms with Crippen LogP contribution < -0.4 is 0 Å². The van der Waals surface area contributed by atoms with E-state index >= 15 is 0 Å². The molecule has 0 aromatic rings. The lowest BCUT2D eigenvalue weighted by Gasteiger charge is -2.17. The molecule has 0 saturated carbocycles. The average Bonchev–Trinajstić information content (AvgIpc) is 2.25. The summed E-state index contributed by atoms with van der Waals surface area (Å²) in [5.74, 6) is -1.24. The van der Waals surface area contributed by atoms with Crippen molar-refractivity contribution in [3.05, 3.63) is 0 Å². The van der Waals surface area contributed by atoms with Gasteiger partial charge in [-0.2, -0.15) is 5.26 Å². The maximum Gasteiger partial charge on any atom is 0.306 e. The van der Waals surface area contributed by atoms with Gasteiger partial charge in [0.1, 0.15) is 0 Å². The van der Waals surface area contributed by atoms with Gasteiger partial charge in [-0.05, 0) is 6.92 Å². The van der Waals surface area contributed by atoms with Crippen molar-refractivity contribution >= 4 is 16.0 Å². The van der Waals surface area contributed by atoms with E-state index in [1.807, 2.05) is 6.07 Å². The summed E-state index contributed by atoms with van der Waals surface area (Å²) in [5, 5.41) is 8.56. The SMILES string of the molecule is COC(=O)CCS(=O)(=O)N(C)CC(C)C#N. The monoisotopic (exact) mass is 248 g/mol. The van der Waals surface area contributed by atoms with Crippen molar-refractivity contribution in [2.75, 3.05) is 26.5 Å². The fraction of sp³-hybridized carbons (Fsp3) is 0.778. The topological polar surface area (TPSA) is 87.5 Å². The lowest BCUT2D eigenvalue weighted by Crippen LogP contribution is -2.33. The molecule has 1 atom stereocenters. The van der Waals surface area contributed by atoms with E-state index in [1.54, 1.807) is 6.92 Å². The molecule has 6 nitrogen and oxygen atoms in total. The molecule has 0 aromatic carbocycles. The highest BCUT2D eigenvalue weighted by atomic mass is 32.2. The number of nitriles is 1. The first kappa shape index (κ1) is 14.9. The Labute approximate surface area is 95.8 Å². The molecule has 92 valence electrons. The third-order valence-electron chi connectivity index (χ3n) is 2.02. The highest BCUT2D eigenvalue weighted by Crippen LogP contribution is 2.05. The van der Waals surface area contributed by atoms with Gasteiger partial charge in [-0.15, -0.1) is 0 Å². The third-order valence-corrected chi connectivity index (χ3v) is 3.84. The van der Waals surface area contributed by atoms with Crippen LogP contribution in [0.2, 0.25) is 0 Å². The number of hydrogen-bond donors (Lipinski definition) is 0. The first-order valence-electron chi connectivity index (χ1n) is 4.74. The van der Waals surface area contributed by atoms with Gasteiger partial charge in [0, 0.05) is 13.6 Å². The van der Waals surface area contributed by atoms with Crippen molar-refractivity contribution in [1.29, 1.82) is 5.26 Å². The van der Waals surface area contributed by atoms with E-state index in [1.165, 1.54) is 14.2 Å². The highest BCUT2D eigenvalue weighted by Gasteiger charge is 2.21. The Morgan fingerprint density at radius 3 is 2.56 bits per heavy atom. The largest absolute Gasteiger partial charge is 0.469 e. The minimum absolute atomic E-state index is 0.125. The second kappa shape index (κ2) is 6.45. The quantitative estimate of drug-likeness (QED) is 0.616. The second-order valence-electron chi connectivity index (χ2n) is 3.45. The fourth-order valence-electron chi connectivity index (χ4n) is 1.01. The molecule has 0 heterocycles. The van der Waals surface area contributed by atoms with Crippen LogP contribution in [0.4, 0.5) is 0 Å². The Hall–Kier alpha value is -1.13. The number of hydrogen-bond acceptors (Lipinski definition) is 5. The predicted octanol–water partition coefficient (Wildman–Crippen LogP) is -0.0292. The van der Waals surface area contributed by atoms with Gasteiger partial charge in [0.15, 0.2) is 0 Å². The summed E-state index contributed by atoms with van der Waals surface area (Å²) in [7, 11) is -0.895. The molecule has 0 fully saturated rings. The van der Waals surface area contributed by atoms with Crippen LogP contribution in [0.15, 0.2) is 0 Å². The van der Waals surface area contributed by atoms with Gasteiger partial charge in [0.25, 0.3) is 0 Å². The van der Waals surface area contributed by atoms with Gasteiger partial charge < -0.3 is 4.74 Å². The van der Waals surface area contributed by atoms with E-state index in [-0.39, 0.29) is 24.6 Å². The number of nitrogens with zero attached hydrogens (tertiary/aromatic N) is 2. The van der Waals surface area contributed by atoms with E-state index in [9.17, 15) is 13.2 Å². The predicted molar refractivity (Wildman–Crippen MR) is 57.8 cm³/mol. The van der Waals surface area contributed by atoms with Crippen molar-refractivity contribution in [3.8, 4) is 6.07 Å². The van der Waals surface area contributed by atoms with Crippen LogP contribution in [-0.4, -0.2) is 45.1 Å². The first-order valence-corrected chi connectivity index (χ1v) is 6.35. The van der Waals surface area contributed by atoms with Gasteiger partial charge in [-0.3, -0.25) is 4.79 Å². The summed E-state index contributed by atoms with van der Waals surface area (Å²) in [6.45, 7) is 1.76. The smallest absolute Gasteiger partial charge is 0.306 e. The molecule has 7 heteroatoms. The molecule has 0 aliphatic heterocycles. The molecular formula is C9H16N2O4S. The molecule has 0 N–H and O–H groups in total. The molecule has 0 aliphatic rings. The molecule has 0 radical (unpaired) electrons. The number of carbonyl (C=O) groups excluding carboxylic acids is 1. The van der Waals surface area contributed by atoms with Crippen molar-refractivity contribution in [1.82, 2.24) is 4.31 Å². The van der Waals surface area contributed by atoms with Gasteiger partial charge >= 0.3 is 5.97 Å². The van der Waals surface area contributed by atoms with Crippen LogP contribution in [0.25, 0.3) is 0 Å². The van der Waals surface area contributed by atoms with Gasteiger partial charge in [-0.25, -0.2) is 12.7 Å². The standard InChI is InChI=1S/C9H16N2O4S/c1-8(6-10)7-11(2)16(13,14)5-4-9(12)15-3/h8H,4-5,7H2,1-3H3. The molecular weight excluding hydrogens is 232 g/mol. The maximum atomic E-state index is 11.6. The van der Waals surface area contributed by atoms with E-state index < -0.39 is 16.0 Å². The molecule has 0 bridgehead atoms. The lowest BCUT2D eigenvalue weighted by atomic mass is 10.2. The Kier molecular flexibility index (Phi) is 6.00. The number of sulfonamides is 1. The summed E-state index contributed by atoms with van der Waals surface area (Å²) >= 11 is 0. The fourth-order valence-corrected chi connectivity index (χ4v) is 2.20. The third kappa shape index (κ3) is 5.09. The maximum absolute atomic E-state index is 11.6. The zero-order chi connectivity index (χ0) is 12.8. The van der Waals surface area contributed by atoms with Crippen LogP contribution >= 0.6 is 0 Å². The van der Waals surface area contributed by atoms with Crippen molar-refractivity contribution in [2.24, 2.45) is 5.92 Å². The van der Waals surface area contributed by atoms with Crippen molar-refractivity contribution in [2.45, 2.75) is 13.3 Å². The molecule has 0 aromatic heterocycles. The van der Waals surface area contributed by atoms with Crippen LogP contribution in [0, 0.1) is 17.2 Å². The minimum atomic E-state index is -3.49. The van der Waals surface area contributed by atoms with Crippen LogP contribution in [-0.2, 0) is 19.6 Å². The molecule has 16 heavy (non-hydrogen) atoms. The zero-order valence-corrected chi connectivity index (χ0v) is 10.5. The normalized spacial score (nSPS) is 13.2. The molecule has 1 unspecified atom stereocenters. The highest BCUT2D eigenvalue weighted by molar-refractivity contribution is 7.89. The Balaban J connectivity index is 4.33. The van der Waals surface area contributed by atoms with Gasteiger partial charge in [-0.1, -0.05) is 0 Å². The number of esters is 1. The summed E-state index contributed by atoms with van der Waals surface area (Å²) in [6.07, 6.45) is -0.176. The van der Waals surface area contributed by atoms with Gasteiger partial charge in [0.2, 0.25) is 10.0 Å². The van der Waals surface area contributed by atoms with Crippen LogP contribution in [0.5, 0.6) is 0 Å². The molecule has 0 rings (SSSR count). The van der Waals surface area contributed by atoms with Gasteiger partial charge in [0.05, 0.1) is 31.3 Å². The molecule has 0 aliphatic carbocycles. The van der Waals surface area contributed by atoms with E-state index in [2.05, 4.69) is 4.74 Å². The summed E-state index contributed by atoms with van der Waals surface area (Å²) in [6, 6.07) is 1.95.